The Labute approximate surface area is 147 Å². The molecule has 1 nitrogen and oxygen atoms in total. The molecule has 0 fully saturated rings. The van der Waals surface area contributed by atoms with Crippen molar-refractivity contribution in [1.82, 2.24) is 4.90 Å². The standard InChI is InChI=1S/C17H17N.Sm/c1-18-10-9-12-6-4-8-15-14-7-3-2-5-13(14)11-16(18)17(12)15;/h2-8,16H,9-11H2,1H3;. The van der Waals surface area contributed by atoms with Gasteiger partial charge in [0.15, 0.2) is 0 Å². The van der Waals surface area contributed by atoms with Crippen LogP contribution in [0.5, 0.6) is 0 Å². The quantitative estimate of drug-likeness (QED) is 0.671. The van der Waals surface area contributed by atoms with Crippen molar-refractivity contribution in [3.05, 3.63) is 59.2 Å². The molecule has 0 saturated carbocycles. The van der Waals surface area contributed by atoms with Crippen LogP contribution in [0.25, 0.3) is 11.1 Å². The van der Waals surface area contributed by atoms with E-state index in [1.807, 2.05) is 0 Å². The van der Waals surface area contributed by atoms with Gasteiger partial charge in [0.05, 0.1) is 0 Å². The van der Waals surface area contributed by atoms with Gasteiger partial charge in [-0.3, -0.25) is 4.90 Å². The number of hydrogen-bond donors (Lipinski definition) is 0. The van der Waals surface area contributed by atoms with Gasteiger partial charge in [-0.05, 0) is 47.7 Å². The monoisotopic (exact) mass is 387 g/mol. The number of likely N-dealkylation sites (N-methyl/N-ethyl adjacent to an activating group) is 1. The second-order valence-electron chi connectivity index (χ2n) is 5.49. The van der Waals surface area contributed by atoms with Crippen LogP contribution in [0.4, 0.5) is 0 Å². The normalized spacial score (nSPS) is 20.2. The van der Waals surface area contributed by atoms with Gasteiger partial charge in [0.1, 0.15) is 0 Å². The Balaban J connectivity index is 0.00000110. The topological polar surface area (TPSA) is 3.24 Å². The van der Waals surface area contributed by atoms with Crippen LogP contribution in [-0.2, 0) is 12.8 Å². The molecule has 2 heteroatoms. The first-order valence-corrected chi connectivity index (χ1v) is 6.75. The van der Waals surface area contributed by atoms with E-state index in [9.17, 15) is 0 Å². The minimum Gasteiger partial charge on any atom is -0.299 e. The zero-order valence-corrected chi connectivity index (χ0v) is 13.7. The zero-order chi connectivity index (χ0) is 12.1. The molecule has 0 amide bonds. The van der Waals surface area contributed by atoms with E-state index in [4.69, 9.17) is 0 Å². The van der Waals surface area contributed by atoms with Crippen LogP contribution in [0.2, 0.25) is 0 Å². The summed E-state index contributed by atoms with van der Waals surface area (Å²) in [5, 5.41) is 0. The van der Waals surface area contributed by atoms with Crippen LogP contribution in [-0.4, -0.2) is 18.5 Å². The van der Waals surface area contributed by atoms with Gasteiger partial charge >= 0.3 is 0 Å². The minimum atomic E-state index is 0. The summed E-state index contributed by atoms with van der Waals surface area (Å²) in [5.74, 6) is 0. The predicted molar refractivity (Wildman–Crippen MR) is 74.7 cm³/mol. The van der Waals surface area contributed by atoms with Crippen molar-refractivity contribution >= 4 is 0 Å². The summed E-state index contributed by atoms with van der Waals surface area (Å²) >= 11 is 0. The van der Waals surface area contributed by atoms with Gasteiger partial charge < -0.3 is 0 Å². The van der Waals surface area contributed by atoms with E-state index in [1.54, 1.807) is 11.1 Å². The molecule has 96 valence electrons. The summed E-state index contributed by atoms with van der Waals surface area (Å²) in [6.07, 6.45) is 2.36. The maximum Gasteiger partial charge on any atom is 0.0394 e. The van der Waals surface area contributed by atoms with Gasteiger partial charge in [-0.15, -0.1) is 0 Å². The van der Waals surface area contributed by atoms with Gasteiger partial charge in [0.2, 0.25) is 0 Å². The molecular weight excluding hydrogens is 369 g/mol. The second kappa shape index (κ2) is 5.26. The van der Waals surface area contributed by atoms with Gasteiger partial charge in [-0.1, -0.05) is 42.5 Å². The average molecular weight is 386 g/mol. The van der Waals surface area contributed by atoms with Crippen molar-refractivity contribution in [2.75, 3.05) is 13.6 Å². The van der Waals surface area contributed by atoms with Gasteiger partial charge in [-0.2, -0.15) is 0 Å². The molecule has 19 heavy (non-hydrogen) atoms. The van der Waals surface area contributed by atoms with Crippen LogP contribution in [0, 0.1) is 40.4 Å². The van der Waals surface area contributed by atoms with Crippen LogP contribution in [0.1, 0.15) is 22.7 Å². The summed E-state index contributed by atoms with van der Waals surface area (Å²) < 4.78 is 0. The molecule has 1 aliphatic heterocycles. The Morgan fingerprint density at radius 3 is 2.58 bits per heavy atom. The largest absolute Gasteiger partial charge is 0.299 e. The molecule has 1 unspecified atom stereocenters. The van der Waals surface area contributed by atoms with Crippen molar-refractivity contribution in [3.63, 3.8) is 0 Å². The smallest absolute Gasteiger partial charge is 0.0394 e. The molecule has 1 atom stereocenters. The van der Waals surface area contributed by atoms with E-state index in [0.717, 1.165) is 6.42 Å². The minimum absolute atomic E-state index is 0. The SMILES string of the molecule is CN1CCc2cccc3c2C1Cc1ccccc1-3.[Sm]. The van der Waals surface area contributed by atoms with Gasteiger partial charge in [0.25, 0.3) is 0 Å². The van der Waals surface area contributed by atoms with Crippen molar-refractivity contribution in [2.45, 2.75) is 18.9 Å². The van der Waals surface area contributed by atoms with Crippen molar-refractivity contribution in [2.24, 2.45) is 0 Å². The maximum atomic E-state index is 2.52. The van der Waals surface area contributed by atoms with E-state index in [2.05, 4.69) is 54.4 Å². The Morgan fingerprint density at radius 1 is 0.947 bits per heavy atom. The van der Waals surface area contributed by atoms with Gasteiger partial charge in [0, 0.05) is 53.0 Å². The Bertz CT molecular complexity index is 620. The summed E-state index contributed by atoms with van der Waals surface area (Å²) in [6, 6.07) is 16.3. The molecule has 0 aromatic heterocycles. The van der Waals surface area contributed by atoms with Crippen LogP contribution in [0.3, 0.4) is 0 Å². The Morgan fingerprint density at radius 2 is 1.68 bits per heavy atom. The summed E-state index contributed by atoms with van der Waals surface area (Å²) in [7, 11) is 2.26. The third kappa shape index (κ3) is 2.10. The summed E-state index contributed by atoms with van der Waals surface area (Å²) in [4.78, 5) is 2.52. The molecule has 0 spiro atoms. The van der Waals surface area contributed by atoms with Crippen molar-refractivity contribution in [3.8, 4) is 11.1 Å². The number of nitrogens with zero attached hydrogens (tertiary/aromatic N) is 1. The first-order chi connectivity index (χ1) is 8.84. The molecule has 4 rings (SSSR count). The zero-order valence-electron chi connectivity index (χ0n) is 11.1. The van der Waals surface area contributed by atoms with E-state index >= 15 is 0 Å². The van der Waals surface area contributed by atoms with E-state index < -0.39 is 0 Å². The van der Waals surface area contributed by atoms with E-state index in [0.29, 0.717) is 6.04 Å². The molecule has 0 N–H and O–H groups in total. The first kappa shape index (κ1) is 13.7. The average Bonchev–Trinajstić information content (AvgIpc) is 2.43. The van der Waals surface area contributed by atoms with Crippen LogP contribution in [0.15, 0.2) is 42.5 Å². The molecule has 0 saturated heterocycles. The Kier molecular flexibility index (Phi) is 3.79. The molecule has 2 aliphatic rings. The van der Waals surface area contributed by atoms with Gasteiger partial charge in [-0.25, -0.2) is 0 Å². The molecule has 0 radical (unpaired) electrons. The first-order valence-electron chi connectivity index (χ1n) is 6.75. The van der Waals surface area contributed by atoms with Crippen molar-refractivity contribution < 1.29 is 40.4 Å². The fraction of sp³-hybridized carbons (Fsp3) is 0.294. The summed E-state index contributed by atoms with van der Waals surface area (Å²) in [5.41, 5.74) is 7.56. The summed E-state index contributed by atoms with van der Waals surface area (Å²) in [6.45, 7) is 1.18. The number of fused-ring (bicyclic) bond motifs is 2. The number of benzene rings is 2. The molecule has 1 heterocycles. The fourth-order valence-corrected chi connectivity index (χ4v) is 3.56. The van der Waals surface area contributed by atoms with Crippen LogP contribution >= 0.6 is 0 Å². The van der Waals surface area contributed by atoms with Crippen molar-refractivity contribution in [1.29, 1.82) is 0 Å². The number of hydrogen-bond acceptors (Lipinski definition) is 1. The number of rotatable bonds is 0. The molecule has 2 aromatic rings. The predicted octanol–water partition coefficient (Wildman–Crippen LogP) is 3.44. The fourth-order valence-electron chi connectivity index (χ4n) is 3.56. The Hall–Kier alpha value is -0.262. The molecular formula is C17H17NSm. The van der Waals surface area contributed by atoms with Crippen LogP contribution < -0.4 is 0 Å². The molecule has 2 aromatic carbocycles. The second-order valence-corrected chi connectivity index (χ2v) is 5.49. The third-order valence-electron chi connectivity index (χ3n) is 4.52. The van der Waals surface area contributed by atoms with E-state index in [-0.39, 0.29) is 40.4 Å². The van der Waals surface area contributed by atoms with E-state index in [1.165, 1.54) is 29.7 Å². The molecule has 1 aliphatic carbocycles. The third-order valence-corrected chi connectivity index (χ3v) is 4.52. The molecule has 0 bridgehead atoms. The maximum absolute atomic E-state index is 2.52.